The number of nitrogens with one attached hydrogen (secondary N) is 1. The first-order valence-electron chi connectivity index (χ1n) is 9.49. The maximum Gasteiger partial charge on any atom is 0.251 e. The molecular weight excluding hydrogens is 362 g/mol. The zero-order valence-electron chi connectivity index (χ0n) is 16.1. The number of hydrogen-bond donors (Lipinski definition) is 1. The summed E-state index contributed by atoms with van der Waals surface area (Å²) in [5, 5.41) is 7.16. The van der Waals surface area contributed by atoms with E-state index in [0.29, 0.717) is 23.7 Å². The Balaban J connectivity index is 1.61. The molecule has 29 heavy (non-hydrogen) atoms. The Hall–Kier alpha value is -3.73. The molecule has 5 nitrogen and oxygen atoms in total. The van der Waals surface area contributed by atoms with E-state index in [1.165, 1.54) is 0 Å². The molecule has 1 aromatic heterocycles. The average Bonchev–Trinajstić information content (AvgIpc) is 3.25. The second-order valence-electron chi connectivity index (χ2n) is 6.90. The summed E-state index contributed by atoms with van der Waals surface area (Å²) in [5.74, 6) is 0.711. The van der Waals surface area contributed by atoms with Gasteiger partial charge in [0.05, 0.1) is 0 Å². The predicted octanol–water partition coefficient (Wildman–Crippen LogP) is 4.76. The van der Waals surface area contributed by atoms with Gasteiger partial charge in [-0.25, -0.2) is 0 Å². The molecule has 0 unspecified atom stereocenters. The van der Waals surface area contributed by atoms with E-state index in [-0.39, 0.29) is 5.91 Å². The maximum absolute atomic E-state index is 12.7. The van der Waals surface area contributed by atoms with Gasteiger partial charge in [-0.2, -0.15) is 4.98 Å². The van der Waals surface area contributed by atoms with Crippen LogP contribution in [0.25, 0.3) is 11.4 Å². The fourth-order valence-corrected chi connectivity index (χ4v) is 3.08. The fraction of sp³-hybridized carbons (Fsp3) is 0.125. The lowest BCUT2D eigenvalue weighted by atomic mass is 10.1. The predicted molar refractivity (Wildman–Crippen MR) is 111 cm³/mol. The van der Waals surface area contributed by atoms with E-state index in [2.05, 4.69) is 15.5 Å². The summed E-state index contributed by atoms with van der Waals surface area (Å²) >= 11 is 0. The number of benzene rings is 3. The Labute approximate surface area is 169 Å². The van der Waals surface area contributed by atoms with E-state index in [0.717, 1.165) is 16.7 Å². The lowest BCUT2D eigenvalue weighted by molar-refractivity contribution is 0.0928. The van der Waals surface area contributed by atoms with Gasteiger partial charge in [0.25, 0.3) is 5.91 Å². The SMILES string of the molecule is Cc1ccc(-c2noc([C@H](Cc3ccccc3)NC(=O)c3ccccc3)n2)cc1. The summed E-state index contributed by atoms with van der Waals surface area (Å²) < 4.78 is 5.54. The van der Waals surface area contributed by atoms with Crippen LogP contribution >= 0.6 is 0 Å². The Kier molecular flexibility index (Phi) is 5.47. The molecule has 1 N–H and O–H groups in total. The third-order valence-corrected chi connectivity index (χ3v) is 4.67. The Bertz CT molecular complexity index is 1070. The third-order valence-electron chi connectivity index (χ3n) is 4.67. The molecule has 0 fully saturated rings. The molecule has 1 heterocycles. The number of carbonyl (C=O) groups is 1. The van der Waals surface area contributed by atoms with Crippen LogP contribution in [0.2, 0.25) is 0 Å². The molecule has 3 aromatic carbocycles. The van der Waals surface area contributed by atoms with Crippen molar-refractivity contribution in [3.05, 3.63) is 108 Å². The minimum atomic E-state index is -0.434. The molecule has 0 aliphatic heterocycles. The quantitative estimate of drug-likeness (QED) is 0.521. The largest absolute Gasteiger partial charge is 0.340 e. The number of amides is 1. The van der Waals surface area contributed by atoms with Gasteiger partial charge in [-0.05, 0) is 24.6 Å². The summed E-state index contributed by atoms with van der Waals surface area (Å²) in [6.07, 6.45) is 0.551. The van der Waals surface area contributed by atoms with Gasteiger partial charge < -0.3 is 9.84 Å². The first kappa shape index (κ1) is 18.6. The molecule has 144 valence electrons. The van der Waals surface area contributed by atoms with E-state index in [4.69, 9.17) is 4.52 Å². The summed E-state index contributed by atoms with van der Waals surface area (Å²) in [6, 6.07) is 26.5. The van der Waals surface area contributed by atoms with Crippen LogP contribution in [0.3, 0.4) is 0 Å². The second-order valence-corrected chi connectivity index (χ2v) is 6.90. The molecule has 0 aliphatic carbocycles. The molecule has 5 heteroatoms. The first-order chi connectivity index (χ1) is 14.2. The molecule has 4 aromatic rings. The maximum atomic E-state index is 12.7. The number of rotatable bonds is 6. The zero-order valence-corrected chi connectivity index (χ0v) is 16.1. The number of carbonyl (C=O) groups excluding carboxylic acids is 1. The third kappa shape index (κ3) is 4.58. The molecule has 0 spiro atoms. The zero-order chi connectivity index (χ0) is 20.1. The number of aromatic nitrogens is 2. The fourth-order valence-electron chi connectivity index (χ4n) is 3.08. The lowest BCUT2D eigenvalue weighted by Gasteiger charge is -2.15. The van der Waals surface area contributed by atoms with Gasteiger partial charge >= 0.3 is 0 Å². The van der Waals surface area contributed by atoms with Gasteiger partial charge in [0.15, 0.2) is 0 Å². The minimum absolute atomic E-state index is 0.179. The first-order valence-corrected chi connectivity index (χ1v) is 9.49. The van der Waals surface area contributed by atoms with Crippen molar-refractivity contribution in [3.8, 4) is 11.4 Å². The molecule has 0 saturated carbocycles. The van der Waals surface area contributed by atoms with E-state index < -0.39 is 6.04 Å². The van der Waals surface area contributed by atoms with Gasteiger partial charge in [-0.1, -0.05) is 83.5 Å². The molecule has 0 radical (unpaired) electrons. The summed E-state index contributed by atoms with van der Waals surface area (Å²) in [5.41, 5.74) is 3.69. The van der Waals surface area contributed by atoms with Crippen LogP contribution < -0.4 is 5.32 Å². The molecule has 0 saturated heterocycles. The molecule has 1 amide bonds. The van der Waals surface area contributed by atoms with Gasteiger partial charge in [0.1, 0.15) is 6.04 Å². The van der Waals surface area contributed by atoms with E-state index >= 15 is 0 Å². The van der Waals surface area contributed by atoms with Crippen molar-refractivity contribution in [1.82, 2.24) is 15.5 Å². The van der Waals surface area contributed by atoms with E-state index in [1.54, 1.807) is 12.1 Å². The average molecular weight is 383 g/mol. The van der Waals surface area contributed by atoms with Crippen LogP contribution in [0, 0.1) is 6.92 Å². The van der Waals surface area contributed by atoms with Crippen LogP contribution in [0.5, 0.6) is 0 Å². The van der Waals surface area contributed by atoms with Gasteiger partial charge in [-0.15, -0.1) is 0 Å². The number of aryl methyl sites for hydroxylation is 1. The standard InChI is InChI=1S/C24H21N3O2/c1-17-12-14-19(15-13-17)22-26-24(29-27-22)21(16-18-8-4-2-5-9-18)25-23(28)20-10-6-3-7-11-20/h2-15,21H,16H2,1H3,(H,25,28)/t21-/m0/s1. The Morgan fingerprint density at radius 2 is 1.59 bits per heavy atom. The normalized spacial score (nSPS) is 11.8. The van der Waals surface area contributed by atoms with Crippen LogP contribution in [0.15, 0.2) is 89.5 Å². The van der Waals surface area contributed by atoms with Crippen molar-refractivity contribution in [1.29, 1.82) is 0 Å². The van der Waals surface area contributed by atoms with Crippen LogP contribution in [0.4, 0.5) is 0 Å². The second kappa shape index (κ2) is 8.52. The van der Waals surface area contributed by atoms with Crippen LogP contribution in [0.1, 0.15) is 33.4 Å². The smallest absolute Gasteiger partial charge is 0.251 e. The van der Waals surface area contributed by atoms with Gasteiger partial charge in [-0.3, -0.25) is 4.79 Å². The molecule has 4 rings (SSSR count). The highest BCUT2D eigenvalue weighted by atomic mass is 16.5. The van der Waals surface area contributed by atoms with Crippen molar-refractivity contribution in [3.63, 3.8) is 0 Å². The summed E-state index contributed by atoms with van der Waals surface area (Å²) in [4.78, 5) is 17.3. The molecular formula is C24H21N3O2. The molecule has 0 bridgehead atoms. The lowest BCUT2D eigenvalue weighted by Crippen LogP contribution is -2.30. The van der Waals surface area contributed by atoms with Gasteiger partial charge in [0.2, 0.25) is 11.7 Å². The van der Waals surface area contributed by atoms with E-state index in [1.807, 2.05) is 79.7 Å². The molecule has 1 atom stereocenters. The van der Waals surface area contributed by atoms with E-state index in [9.17, 15) is 4.79 Å². The van der Waals surface area contributed by atoms with Crippen molar-refractivity contribution in [2.24, 2.45) is 0 Å². The summed E-state index contributed by atoms with van der Waals surface area (Å²) in [6.45, 7) is 2.03. The topological polar surface area (TPSA) is 68.0 Å². The van der Waals surface area contributed by atoms with Gasteiger partial charge in [0, 0.05) is 17.5 Å². The molecule has 0 aliphatic rings. The van der Waals surface area contributed by atoms with Crippen molar-refractivity contribution in [2.45, 2.75) is 19.4 Å². The van der Waals surface area contributed by atoms with Crippen LogP contribution in [-0.2, 0) is 6.42 Å². The Morgan fingerprint density at radius 3 is 2.28 bits per heavy atom. The summed E-state index contributed by atoms with van der Waals surface area (Å²) in [7, 11) is 0. The van der Waals surface area contributed by atoms with Crippen molar-refractivity contribution < 1.29 is 9.32 Å². The monoisotopic (exact) mass is 383 g/mol. The van der Waals surface area contributed by atoms with Crippen molar-refractivity contribution in [2.75, 3.05) is 0 Å². The Morgan fingerprint density at radius 1 is 0.931 bits per heavy atom. The van der Waals surface area contributed by atoms with Crippen molar-refractivity contribution >= 4 is 5.91 Å². The highest BCUT2D eigenvalue weighted by Crippen LogP contribution is 2.22. The van der Waals surface area contributed by atoms with Crippen LogP contribution in [-0.4, -0.2) is 16.0 Å². The highest BCUT2D eigenvalue weighted by molar-refractivity contribution is 5.94. The highest BCUT2D eigenvalue weighted by Gasteiger charge is 2.23. The number of nitrogens with zero attached hydrogens (tertiary/aromatic N) is 2. The minimum Gasteiger partial charge on any atom is -0.340 e. The number of hydrogen-bond acceptors (Lipinski definition) is 4.